The topological polar surface area (TPSA) is 47.7 Å². The molecule has 1 heterocycles. The second kappa shape index (κ2) is 7.98. The molecule has 5 heteroatoms. The predicted octanol–water partition coefficient (Wildman–Crippen LogP) is 2.27. The quantitative estimate of drug-likeness (QED) is 0.861. The summed E-state index contributed by atoms with van der Waals surface area (Å²) >= 11 is 3.42. The standard InChI is InChI=1S/C15H23BrN2O2/c1-19-15-6-7-18(13(10-15)11-17)8-9-20-14-4-2-12(16)3-5-14/h2-5,13,15H,6-11,17H2,1H3. The van der Waals surface area contributed by atoms with Crippen LogP contribution in [0.15, 0.2) is 28.7 Å². The van der Waals surface area contributed by atoms with E-state index in [1.165, 1.54) is 0 Å². The minimum atomic E-state index is 0.354. The van der Waals surface area contributed by atoms with Crippen molar-refractivity contribution in [3.8, 4) is 5.75 Å². The van der Waals surface area contributed by atoms with Gasteiger partial charge in [-0.3, -0.25) is 4.90 Å². The van der Waals surface area contributed by atoms with Gasteiger partial charge >= 0.3 is 0 Å². The zero-order chi connectivity index (χ0) is 14.4. The molecular formula is C15H23BrN2O2. The summed E-state index contributed by atoms with van der Waals surface area (Å²) in [4.78, 5) is 2.41. The van der Waals surface area contributed by atoms with Gasteiger partial charge in [-0.15, -0.1) is 0 Å². The summed E-state index contributed by atoms with van der Waals surface area (Å²) < 4.78 is 12.3. The Morgan fingerprint density at radius 3 is 2.75 bits per heavy atom. The van der Waals surface area contributed by atoms with Crippen molar-refractivity contribution in [1.82, 2.24) is 4.90 Å². The maximum absolute atomic E-state index is 5.87. The fraction of sp³-hybridized carbons (Fsp3) is 0.600. The van der Waals surface area contributed by atoms with Gasteiger partial charge in [0.25, 0.3) is 0 Å². The van der Waals surface area contributed by atoms with E-state index in [0.717, 1.165) is 36.2 Å². The molecule has 2 atom stereocenters. The lowest BCUT2D eigenvalue weighted by atomic mass is 9.99. The highest BCUT2D eigenvalue weighted by atomic mass is 79.9. The fourth-order valence-corrected chi connectivity index (χ4v) is 2.89. The van der Waals surface area contributed by atoms with Gasteiger partial charge in [-0.1, -0.05) is 15.9 Å². The monoisotopic (exact) mass is 342 g/mol. The first-order chi connectivity index (χ1) is 9.72. The third kappa shape index (κ3) is 4.45. The van der Waals surface area contributed by atoms with Crippen LogP contribution in [0.25, 0.3) is 0 Å². The first-order valence-corrected chi connectivity index (χ1v) is 7.87. The Hall–Kier alpha value is -0.620. The molecule has 4 nitrogen and oxygen atoms in total. The predicted molar refractivity (Wildman–Crippen MR) is 84.1 cm³/mol. The van der Waals surface area contributed by atoms with Crippen molar-refractivity contribution >= 4 is 15.9 Å². The van der Waals surface area contributed by atoms with Crippen molar-refractivity contribution in [2.45, 2.75) is 25.0 Å². The number of methoxy groups -OCH3 is 1. The molecule has 112 valence electrons. The molecule has 2 N–H and O–H groups in total. The molecule has 1 aromatic rings. The summed E-state index contributed by atoms with van der Waals surface area (Å²) in [5, 5.41) is 0. The molecule has 1 fully saturated rings. The Bertz CT molecular complexity index is 399. The molecule has 0 spiro atoms. The SMILES string of the molecule is COC1CCN(CCOc2ccc(Br)cc2)C(CN)C1. The number of piperidine rings is 1. The van der Waals surface area contributed by atoms with Gasteiger partial charge in [0.2, 0.25) is 0 Å². The third-order valence-electron chi connectivity index (χ3n) is 3.86. The Kier molecular flexibility index (Phi) is 6.29. The zero-order valence-electron chi connectivity index (χ0n) is 11.9. The van der Waals surface area contributed by atoms with E-state index in [-0.39, 0.29) is 0 Å². The van der Waals surface area contributed by atoms with Gasteiger partial charge in [0.15, 0.2) is 0 Å². The number of nitrogens with zero attached hydrogens (tertiary/aromatic N) is 1. The Morgan fingerprint density at radius 1 is 1.35 bits per heavy atom. The largest absolute Gasteiger partial charge is 0.492 e. The van der Waals surface area contributed by atoms with Crippen LogP contribution >= 0.6 is 15.9 Å². The van der Waals surface area contributed by atoms with E-state index in [1.54, 1.807) is 7.11 Å². The number of rotatable bonds is 6. The molecule has 2 rings (SSSR count). The van der Waals surface area contributed by atoms with Crippen LogP contribution in [-0.2, 0) is 4.74 Å². The zero-order valence-corrected chi connectivity index (χ0v) is 13.5. The van der Waals surface area contributed by atoms with Crippen LogP contribution in [0.2, 0.25) is 0 Å². The van der Waals surface area contributed by atoms with Gasteiger partial charge in [0, 0.05) is 37.3 Å². The highest BCUT2D eigenvalue weighted by molar-refractivity contribution is 9.10. The molecule has 2 unspecified atom stereocenters. The van der Waals surface area contributed by atoms with Gasteiger partial charge < -0.3 is 15.2 Å². The molecule has 20 heavy (non-hydrogen) atoms. The minimum Gasteiger partial charge on any atom is -0.492 e. The molecule has 1 saturated heterocycles. The molecule has 0 aromatic heterocycles. The maximum atomic E-state index is 5.87. The first-order valence-electron chi connectivity index (χ1n) is 7.08. The fourth-order valence-electron chi connectivity index (χ4n) is 2.63. The Labute approximate surface area is 129 Å². The number of likely N-dealkylation sites (tertiary alicyclic amines) is 1. The van der Waals surface area contributed by atoms with E-state index in [0.29, 0.717) is 25.3 Å². The summed E-state index contributed by atoms with van der Waals surface area (Å²) in [7, 11) is 1.78. The van der Waals surface area contributed by atoms with Crippen molar-refractivity contribution < 1.29 is 9.47 Å². The van der Waals surface area contributed by atoms with Crippen molar-refractivity contribution in [2.75, 3.05) is 33.4 Å². The number of hydrogen-bond donors (Lipinski definition) is 1. The molecule has 0 amide bonds. The van der Waals surface area contributed by atoms with E-state index < -0.39 is 0 Å². The second-order valence-electron chi connectivity index (χ2n) is 5.11. The lowest BCUT2D eigenvalue weighted by Gasteiger charge is -2.38. The highest BCUT2D eigenvalue weighted by Gasteiger charge is 2.27. The van der Waals surface area contributed by atoms with Crippen LogP contribution in [0.1, 0.15) is 12.8 Å². The van der Waals surface area contributed by atoms with E-state index in [1.807, 2.05) is 24.3 Å². The van der Waals surface area contributed by atoms with Gasteiger partial charge in [-0.05, 0) is 37.1 Å². The Morgan fingerprint density at radius 2 is 2.10 bits per heavy atom. The van der Waals surface area contributed by atoms with E-state index in [2.05, 4.69) is 20.8 Å². The maximum Gasteiger partial charge on any atom is 0.119 e. The molecule has 0 radical (unpaired) electrons. The average molecular weight is 343 g/mol. The summed E-state index contributed by atoms with van der Waals surface area (Å²) in [6.07, 6.45) is 2.45. The van der Waals surface area contributed by atoms with E-state index in [4.69, 9.17) is 15.2 Å². The molecule has 0 aliphatic carbocycles. The van der Waals surface area contributed by atoms with Crippen molar-refractivity contribution in [3.63, 3.8) is 0 Å². The van der Waals surface area contributed by atoms with Crippen molar-refractivity contribution in [2.24, 2.45) is 5.73 Å². The minimum absolute atomic E-state index is 0.354. The van der Waals surface area contributed by atoms with Crippen molar-refractivity contribution in [3.05, 3.63) is 28.7 Å². The average Bonchev–Trinajstić information content (AvgIpc) is 2.49. The molecular weight excluding hydrogens is 320 g/mol. The second-order valence-corrected chi connectivity index (χ2v) is 6.03. The van der Waals surface area contributed by atoms with Gasteiger partial charge in [0.05, 0.1) is 6.10 Å². The lowest BCUT2D eigenvalue weighted by molar-refractivity contribution is 0.00923. The number of hydrogen-bond acceptors (Lipinski definition) is 4. The van der Waals surface area contributed by atoms with Crippen LogP contribution < -0.4 is 10.5 Å². The summed E-state index contributed by atoms with van der Waals surface area (Å²) in [5.74, 6) is 0.907. The smallest absolute Gasteiger partial charge is 0.119 e. The molecule has 0 bridgehead atoms. The van der Waals surface area contributed by atoms with Crippen molar-refractivity contribution in [1.29, 1.82) is 0 Å². The van der Waals surface area contributed by atoms with E-state index in [9.17, 15) is 0 Å². The molecule has 1 aliphatic rings. The number of benzene rings is 1. The molecule has 1 aliphatic heterocycles. The van der Waals surface area contributed by atoms with Gasteiger partial charge in [-0.2, -0.15) is 0 Å². The number of ether oxygens (including phenoxy) is 2. The summed E-state index contributed by atoms with van der Waals surface area (Å²) in [6.45, 7) is 3.31. The Balaban J connectivity index is 1.76. The molecule has 1 aromatic carbocycles. The summed E-state index contributed by atoms with van der Waals surface area (Å²) in [6, 6.07) is 8.33. The van der Waals surface area contributed by atoms with Crippen LogP contribution in [0.3, 0.4) is 0 Å². The summed E-state index contributed by atoms with van der Waals surface area (Å²) in [5.41, 5.74) is 5.87. The third-order valence-corrected chi connectivity index (χ3v) is 4.38. The first kappa shape index (κ1) is 15.8. The van der Waals surface area contributed by atoms with Crippen LogP contribution in [0.4, 0.5) is 0 Å². The lowest BCUT2D eigenvalue weighted by Crippen LogP contribution is -2.49. The number of halogens is 1. The van der Waals surface area contributed by atoms with E-state index >= 15 is 0 Å². The van der Waals surface area contributed by atoms with Crippen LogP contribution in [0, 0.1) is 0 Å². The van der Waals surface area contributed by atoms with Gasteiger partial charge in [0.1, 0.15) is 12.4 Å². The molecule has 0 saturated carbocycles. The highest BCUT2D eigenvalue weighted by Crippen LogP contribution is 2.19. The normalized spacial score (nSPS) is 23.8. The van der Waals surface area contributed by atoms with Crippen LogP contribution in [-0.4, -0.2) is 50.4 Å². The van der Waals surface area contributed by atoms with Crippen LogP contribution in [0.5, 0.6) is 5.75 Å². The number of nitrogens with two attached hydrogens (primary N) is 1. The van der Waals surface area contributed by atoms with Gasteiger partial charge in [-0.25, -0.2) is 0 Å².